The van der Waals surface area contributed by atoms with Crippen molar-refractivity contribution in [3.05, 3.63) is 35.9 Å². The predicted molar refractivity (Wildman–Crippen MR) is 57.1 cm³/mol. The summed E-state index contributed by atoms with van der Waals surface area (Å²) >= 11 is 0. The Morgan fingerprint density at radius 3 is 2.50 bits per heavy atom. The van der Waals surface area contributed by atoms with Gasteiger partial charge in [0.1, 0.15) is 6.61 Å². The van der Waals surface area contributed by atoms with Crippen LogP contribution in [-0.4, -0.2) is 32.0 Å². The van der Waals surface area contributed by atoms with Gasteiger partial charge in [0, 0.05) is 0 Å². The number of nitrogens with zero attached hydrogens (tertiary/aromatic N) is 1. The van der Waals surface area contributed by atoms with Crippen LogP contribution in [-0.2, 0) is 20.5 Å². The summed E-state index contributed by atoms with van der Waals surface area (Å²) in [6.45, 7) is 0.237. The van der Waals surface area contributed by atoms with Gasteiger partial charge in [-0.3, -0.25) is 0 Å². The predicted octanol–water partition coefficient (Wildman–Crippen LogP) is 0.969. The number of benzene rings is 1. The maximum absolute atomic E-state index is 11.8. The minimum atomic E-state index is -3.60. The fraction of sp³-hybridized carbons (Fsp3) is 0.300. The van der Waals surface area contributed by atoms with Crippen LogP contribution in [0.15, 0.2) is 30.3 Å². The van der Waals surface area contributed by atoms with E-state index in [1.165, 1.54) is 0 Å². The molecule has 0 bridgehead atoms. The molecule has 0 atom stereocenters. The molecule has 5 nitrogen and oxygen atoms in total. The second-order valence-electron chi connectivity index (χ2n) is 3.43. The highest BCUT2D eigenvalue weighted by atomic mass is 32.2. The fourth-order valence-electron chi connectivity index (χ4n) is 1.49. The largest absolute Gasteiger partial charge is 0.447 e. The molecule has 0 aromatic heterocycles. The third-order valence-corrected chi connectivity index (χ3v) is 3.95. The van der Waals surface area contributed by atoms with Gasteiger partial charge in [-0.05, 0) is 5.56 Å². The van der Waals surface area contributed by atoms with Gasteiger partial charge in [-0.25, -0.2) is 17.5 Å². The number of carbonyl (C=O) groups is 1. The minimum Gasteiger partial charge on any atom is -0.447 e. The van der Waals surface area contributed by atoms with Crippen molar-refractivity contribution in [1.82, 2.24) is 4.31 Å². The van der Waals surface area contributed by atoms with E-state index < -0.39 is 16.1 Å². The Bertz CT molecular complexity index is 483. The Balaban J connectivity index is 2.18. The molecule has 1 aliphatic heterocycles. The summed E-state index contributed by atoms with van der Waals surface area (Å²) in [5.74, 6) is -0.178. The molecule has 1 saturated heterocycles. The highest BCUT2D eigenvalue weighted by Gasteiger charge is 2.33. The Labute approximate surface area is 93.7 Å². The zero-order valence-corrected chi connectivity index (χ0v) is 9.31. The highest BCUT2D eigenvalue weighted by molar-refractivity contribution is 7.88. The topological polar surface area (TPSA) is 63.7 Å². The summed E-state index contributed by atoms with van der Waals surface area (Å²) in [7, 11) is -3.60. The molecule has 0 aliphatic carbocycles. The number of carbonyl (C=O) groups excluding carboxylic acids is 1. The summed E-state index contributed by atoms with van der Waals surface area (Å²) in [6.07, 6.45) is -0.782. The number of ether oxygens (including phenoxy) is 1. The monoisotopic (exact) mass is 241 g/mol. The Morgan fingerprint density at radius 1 is 1.25 bits per heavy atom. The molecule has 16 heavy (non-hydrogen) atoms. The van der Waals surface area contributed by atoms with Gasteiger partial charge in [0.25, 0.3) is 0 Å². The summed E-state index contributed by atoms with van der Waals surface area (Å²) < 4.78 is 29.1. The van der Waals surface area contributed by atoms with E-state index in [-0.39, 0.29) is 18.9 Å². The molecule has 86 valence electrons. The standard InChI is InChI=1S/C10H11NO4S/c12-10-11(6-7-15-10)16(13,14)8-9-4-2-1-3-5-9/h1-5H,6-8H2. The van der Waals surface area contributed by atoms with E-state index in [9.17, 15) is 13.2 Å². The number of cyclic esters (lactones) is 1. The van der Waals surface area contributed by atoms with Gasteiger partial charge in [0.05, 0.1) is 12.3 Å². The molecule has 2 rings (SSSR count). The van der Waals surface area contributed by atoms with Crippen LogP contribution in [0.1, 0.15) is 5.56 Å². The van der Waals surface area contributed by atoms with Crippen molar-refractivity contribution in [3.8, 4) is 0 Å². The second kappa shape index (κ2) is 4.13. The number of rotatable bonds is 3. The molecule has 1 heterocycles. The van der Waals surface area contributed by atoms with E-state index in [4.69, 9.17) is 0 Å². The molecule has 1 aromatic carbocycles. The molecule has 0 unspecified atom stereocenters. The fourth-order valence-corrected chi connectivity index (χ4v) is 2.90. The Hall–Kier alpha value is -1.56. The first-order chi connectivity index (χ1) is 7.59. The van der Waals surface area contributed by atoms with Crippen LogP contribution in [0.25, 0.3) is 0 Å². The Morgan fingerprint density at radius 2 is 1.94 bits per heavy atom. The summed E-state index contributed by atoms with van der Waals surface area (Å²) in [4.78, 5) is 11.1. The van der Waals surface area contributed by atoms with Crippen LogP contribution in [0, 0.1) is 0 Å². The van der Waals surface area contributed by atoms with Crippen LogP contribution in [0.4, 0.5) is 4.79 Å². The molecule has 1 aromatic rings. The van der Waals surface area contributed by atoms with Crippen molar-refractivity contribution in [2.24, 2.45) is 0 Å². The average Bonchev–Trinajstić information content (AvgIpc) is 2.66. The summed E-state index contributed by atoms with van der Waals surface area (Å²) in [6, 6.07) is 8.73. The normalized spacial score (nSPS) is 16.2. The molecule has 0 spiro atoms. The molecule has 1 aliphatic rings. The third-order valence-electron chi connectivity index (χ3n) is 2.25. The van der Waals surface area contributed by atoms with Crippen LogP contribution in [0.3, 0.4) is 0 Å². The van der Waals surface area contributed by atoms with E-state index in [0.717, 1.165) is 4.31 Å². The van der Waals surface area contributed by atoms with Gasteiger partial charge in [-0.2, -0.15) is 0 Å². The molecule has 1 fully saturated rings. The van der Waals surface area contributed by atoms with E-state index in [1.54, 1.807) is 30.3 Å². The maximum atomic E-state index is 11.8. The van der Waals surface area contributed by atoms with Crippen molar-refractivity contribution >= 4 is 16.1 Å². The number of sulfonamides is 1. The molecule has 1 amide bonds. The smallest absolute Gasteiger partial charge is 0.423 e. The SMILES string of the molecule is O=C1OCCN1S(=O)(=O)Cc1ccccc1. The first-order valence-corrected chi connectivity index (χ1v) is 6.41. The Kier molecular flexibility index (Phi) is 2.82. The lowest BCUT2D eigenvalue weighted by molar-refractivity contribution is 0.170. The van der Waals surface area contributed by atoms with Crippen molar-refractivity contribution in [1.29, 1.82) is 0 Å². The summed E-state index contributed by atoms with van der Waals surface area (Å²) in [5, 5.41) is 0. The van der Waals surface area contributed by atoms with Gasteiger partial charge in [-0.1, -0.05) is 30.3 Å². The van der Waals surface area contributed by atoms with Crippen LogP contribution in [0.5, 0.6) is 0 Å². The molecular weight excluding hydrogens is 230 g/mol. The van der Waals surface area contributed by atoms with Crippen LogP contribution < -0.4 is 0 Å². The van der Waals surface area contributed by atoms with Crippen LogP contribution >= 0.6 is 0 Å². The second-order valence-corrected chi connectivity index (χ2v) is 5.32. The van der Waals surface area contributed by atoms with Crippen molar-refractivity contribution in [3.63, 3.8) is 0 Å². The lowest BCUT2D eigenvalue weighted by Gasteiger charge is -2.13. The van der Waals surface area contributed by atoms with E-state index >= 15 is 0 Å². The van der Waals surface area contributed by atoms with Crippen molar-refractivity contribution in [2.45, 2.75) is 5.75 Å². The van der Waals surface area contributed by atoms with Crippen LogP contribution in [0.2, 0.25) is 0 Å². The van der Waals surface area contributed by atoms with Crippen molar-refractivity contribution < 1.29 is 17.9 Å². The number of hydrogen-bond donors (Lipinski definition) is 0. The molecule has 0 saturated carbocycles. The third kappa shape index (κ3) is 2.16. The lowest BCUT2D eigenvalue weighted by Crippen LogP contribution is -2.32. The zero-order chi connectivity index (χ0) is 11.6. The van der Waals surface area contributed by atoms with Gasteiger partial charge >= 0.3 is 6.09 Å². The highest BCUT2D eigenvalue weighted by Crippen LogP contribution is 2.15. The lowest BCUT2D eigenvalue weighted by atomic mass is 10.2. The zero-order valence-electron chi connectivity index (χ0n) is 8.50. The van der Waals surface area contributed by atoms with E-state index in [2.05, 4.69) is 4.74 Å². The molecule has 6 heteroatoms. The quantitative estimate of drug-likeness (QED) is 0.791. The maximum Gasteiger partial charge on any atom is 0.423 e. The molecular formula is C10H11NO4S. The minimum absolute atomic E-state index is 0.105. The first kappa shape index (κ1) is 10.9. The molecule has 0 radical (unpaired) electrons. The van der Waals surface area contributed by atoms with Gasteiger partial charge in [0.15, 0.2) is 0 Å². The average molecular weight is 241 g/mol. The van der Waals surface area contributed by atoms with E-state index in [0.29, 0.717) is 5.56 Å². The van der Waals surface area contributed by atoms with Gasteiger partial charge in [-0.15, -0.1) is 0 Å². The van der Waals surface area contributed by atoms with Crippen molar-refractivity contribution in [2.75, 3.05) is 13.2 Å². The summed E-state index contributed by atoms with van der Waals surface area (Å²) in [5.41, 5.74) is 0.655. The number of hydrogen-bond acceptors (Lipinski definition) is 4. The molecule has 0 N–H and O–H groups in total. The van der Waals surface area contributed by atoms with Gasteiger partial charge < -0.3 is 4.74 Å². The van der Waals surface area contributed by atoms with Gasteiger partial charge in [0.2, 0.25) is 10.0 Å². The first-order valence-electron chi connectivity index (χ1n) is 4.81. The number of amides is 1. The van der Waals surface area contributed by atoms with E-state index in [1.807, 2.05) is 0 Å².